The van der Waals surface area contributed by atoms with E-state index in [1.165, 1.54) is 7.05 Å². The summed E-state index contributed by atoms with van der Waals surface area (Å²) >= 11 is 0. The minimum atomic E-state index is -2.58. The van der Waals surface area contributed by atoms with Crippen molar-refractivity contribution in [3.63, 3.8) is 0 Å². The molecular formula is C8H11F2NO3. The van der Waals surface area contributed by atoms with Gasteiger partial charge in [-0.1, -0.05) is 0 Å². The first kappa shape index (κ1) is 10.9. The minimum Gasteiger partial charge on any atom is -0.481 e. The van der Waals surface area contributed by atoms with Crippen molar-refractivity contribution in [2.75, 3.05) is 13.6 Å². The van der Waals surface area contributed by atoms with Crippen molar-refractivity contribution in [2.24, 2.45) is 11.8 Å². The SMILES string of the molecule is CN(CC(F)F)C(=O)C1CC1C(=O)O. The lowest BCUT2D eigenvalue weighted by atomic mass is 10.3. The molecule has 0 bridgehead atoms. The molecule has 1 saturated carbocycles. The average Bonchev–Trinajstić information content (AvgIpc) is 2.80. The Morgan fingerprint density at radius 2 is 2.07 bits per heavy atom. The predicted octanol–water partition coefficient (Wildman–Crippen LogP) is 0.431. The fourth-order valence-corrected chi connectivity index (χ4v) is 1.32. The van der Waals surface area contributed by atoms with E-state index in [4.69, 9.17) is 5.11 Å². The molecule has 1 N–H and O–H groups in total. The molecule has 0 heterocycles. The van der Waals surface area contributed by atoms with Gasteiger partial charge in [-0.25, -0.2) is 8.78 Å². The third-order valence-electron chi connectivity index (χ3n) is 2.21. The van der Waals surface area contributed by atoms with Crippen LogP contribution >= 0.6 is 0 Å². The van der Waals surface area contributed by atoms with Crippen LogP contribution in [0.5, 0.6) is 0 Å². The van der Waals surface area contributed by atoms with Gasteiger partial charge in [0.15, 0.2) is 0 Å². The summed E-state index contributed by atoms with van der Waals surface area (Å²) in [4.78, 5) is 22.6. The molecule has 0 aromatic carbocycles. The van der Waals surface area contributed by atoms with Gasteiger partial charge >= 0.3 is 5.97 Å². The first-order chi connectivity index (χ1) is 6.43. The van der Waals surface area contributed by atoms with Gasteiger partial charge in [0, 0.05) is 7.05 Å². The fraction of sp³-hybridized carbons (Fsp3) is 0.750. The summed E-state index contributed by atoms with van der Waals surface area (Å²) in [5.41, 5.74) is 0. The minimum absolute atomic E-state index is 0.266. The lowest BCUT2D eigenvalue weighted by molar-refractivity contribution is -0.142. The lowest BCUT2D eigenvalue weighted by Gasteiger charge is -2.15. The number of alkyl halides is 2. The monoisotopic (exact) mass is 207 g/mol. The standard InChI is InChI=1S/C8H11F2NO3/c1-11(3-6(9)10)7(12)4-2-5(4)8(13)14/h4-6H,2-3H2,1H3,(H,13,14). The maximum Gasteiger partial charge on any atom is 0.307 e. The van der Waals surface area contributed by atoms with E-state index >= 15 is 0 Å². The molecule has 1 fully saturated rings. The molecule has 4 nitrogen and oxygen atoms in total. The molecule has 1 aliphatic rings. The molecule has 0 aliphatic heterocycles. The van der Waals surface area contributed by atoms with E-state index in [1.807, 2.05) is 0 Å². The maximum atomic E-state index is 11.9. The van der Waals surface area contributed by atoms with Crippen LogP contribution in [0.4, 0.5) is 8.78 Å². The van der Waals surface area contributed by atoms with Crippen LogP contribution in [-0.2, 0) is 9.59 Å². The molecule has 1 aliphatic carbocycles. The highest BCUT2D eigenvalue weighted by molar-refractivity contribution is 5.89. The Bertz CT molecular complexity index is 257. The van der Waals surface area contributed by atoms with Crippen molar-refractivity contribution in [3.8, 4) is 0 Å². The summed E-state index contributed by atoms with van der Waals surface area (Å²) in [6, 6.07) is 0. The largest absolute Gasteiger partial charge is 0.481 e. The zero-order valence-corrected chi connectivity index (χ0v) is 7.61. The summed E-state index contributed by atoms with van der Waals surface area (Å²) in [6.07, 6.45) is -2.31. The smallest absolute Gasteiger partial charge is 0.307 e. The van der Waals surface area contributed by atoms with Crippen LogP contribution in [0.25, 0.3) is 0 Å². The molecule has 0 aromatic rings. The van der Waals surface area contributed by atoms with Crippen LogP contribution in [-0.4, -0.2) is 41.9 Å². The van der Waals surface area contributed by atoms with Crippen molar-refractivity contribution < 1.29 is 23.5 Å². The van der Waals surface area contributed by atoms with Crippen LogP contribution < -0.4 is 0 Å². The van der Waals surface area contributed by atoms with Crippen molar-refractivity contribution >= 4 is 11.9 Å². The van der Waals surface area contributed by atoms with E-state index < -0.39 is 36.7 Å². The van der Waals surface area contributed by atoms with Crippen LogP contribution in [0.15, 0.2) is 0 Å². The Hall–Kier alpha value is -1.20. The van der Waals surface area contributed by atoms with E-state index in [2.05, 4.69) is 0 Å². The van der Waals surface area contributed by atoms with Crippen molar-refractivity contribution in [1.29, 1.82) is 0 Å². The van der Waals surface area contributed by atoms with Crippen LogP contribution in [0.2, 0.25) is 0 Å². The number of nitrogens with zero attached hydrogens (tertiary/aromatic N) is 1. The predicted molar refractivity (Wildman–Crippen MR) is 42.9 cm³/mol. The summed E-state index contributed by atoms with van der Waals surface area (Å²) < 4.78 is 23.7. The van der Waals surface area contributed by atoms with Gasteiger partial charge in [-0.15, -0.1) is 0 Å². The molecule has 2 unspecified atom stereocenters. The van der Waals surface area contributed by atoms with E-state index in [-0.39, 0.29) is 6.42 Å². The quantitative estimate of drug-likeness (QED) is 0.727. The van der Waals surface area contributed by atoms with Gasteiger partial charge in [0.2, 0.25) is 5.91 Å². The number of aliphatic carboxylic acids is 1. The van der Waals surface area contributed by atoms with Crippen LogP contribution in [0.1, 0.15) is 6.42 Å². The van der Waals surface area contributed by atoms with Gasteiger partial charge in [-0.05, 0) is 6.42 Å². The molecule has 0 aromatic heterocycles. The molecule has 2 atom stereocenters. The third-order valence-corrected chi connectivity index (χ3v) is 2.21. The highest BCUT2D eigenvalue weighted by Crippen LogP contribution is 2.39. The Kier molecular flexibility index (Phi) is 3.03. The highest BCUT2D eigenvalue weighted by atomic mass is 19.3. The zero-order valence-electron chi connectivity index (χ0n) is 7.61. The van der Waals surface area contributed by atoms with Gasteiger partial charge < -0.3 is 10.0 Å². The van der Waals surface area contributed by atoms with Crippen molar-refractivity contribution in [1.82, 2.24) is 4.90 Å². The number of rotatable bonds is 4. The molecule has 0 saturated heterocycles. The number of halogens is 2. The number of carboxylic acids is 1. The normalized spacial score (nSPS) is 24.9. The zero-order chi connectivity index (χ0) is 10.9. The first-order valence-corrected chi connectivity index (χ1v) is 4.19. The molecule has 14 heavy (non-hydrogen) atoms. The van der Waals surface area contributed by atoms with E-state index in [1.54, 1.807) is 0 Å². The maximum absolute atomic E-state index is 11.9. The summed E-state index contributed by atoms with van der Waals surface area (Å²) in [5, 5.41) is 8.52. The second kappa shape index (κ2) is 3.89. The van der Waals surface area contributed by atoms with E-state index in [9.17, 15) is 18.4 Å². The van der Waals surface area contributed by atoms with Crippen molar-refractivity contribution in [2.45, 2.75) is 12.8 Å². The number of carboxylic acid groups (broad SMARTS) is 1. The Morgan fingerprint density at radius 3 is 2.43 bits per heavy atom. The van der Waals surface area contributed by atoms with Crippen LogP contribution in [0.3, 0.4) is 0 Å². The fourth-order valence-electron chi connectivity index (χ4n) is 1.32. The average molecular weight is 207 g/mol. The molecule has 80 valence electrons. The molecule has 6 heteroatoms. The number of carbonyl (C=O) groups excluding carboxylic acids is 1. The Labute approximate surface area is 79.5 Å². The van der Waals surface area contributed by atoms with Crippen LogP contribution in [0, 0.1) is 11.8 Å². The van der Waals surface area contributed by atoms with E-state index in [0.717, 1.165) is 4.90 Å². The highest BCUT2D eigenvalue weighted by Gasteiger charge is 2.49. The van der Waals surface area contributed by atoms with Gasteiger partial charge in [0.25, 0.3) is 6.43 Å². The number of carbonyl (C=O) groups is 2. The van der Waals surface area contributed by atoms with Gasteiger partial charge in [-0.3, -0.25) is 9.59 Å². The third kappa shape index (κ3) is 2.40. The molecular weight excluding hydrogens is 196 g/mol. The molecule has 1 rings (SSSR count). The summed E-state index contributed by atoms with van der Waals surface area (Å²) in [7, 11) is 1.26. The molecule has 0 spiro atoms. The first-order valence-electron chi connectivity index (χ1n) is 4.19. The second-order valence-corrected chi connectivity index (χ2v) is 3.40. The van der Waals surface area contributed by atoms with Crippen molar-refractivity contribution in [3.05, 3.63) is 0 Å². The topological polar surface area (TPSA) is 57.6 Å². The Morgan fingerprint density at radius 1 is 1.50 bits per heavy atom. The number of hydrogen-bond donors (Lipinski definition) is 1. The van der Waals surface area contributed by atoms with Gasteiger partial charge in [0.1, 0.15) is 0 Å². The lowest BCUT2D eigenvalue weighted by Crippen LogP contribution is -2.33. The molecule has 1 amide bonds. The Balaban J connectivity index is 2.40. The van der Waals surface area contributed by atoms with Gasteiger partial charge in [0.05, 0.1) is 18.4 Å². The summed E-state index contributed by atoms with van der Waals surface area (Å²) in [6.45, 7) is -0.637. The van der Waals surface area contributed by atoms with E-state index in [0.29, 0.717) is 0 Å². The summed E-state index contributed by atoms with van der Waals surface area (Å²) in [5.74, 6) is -2.81. The second-order valence-electron chi connectivity index (χ2n) is 3.40. The van der Waals surface area contributed by atoms with Gasteiger partial charge in [-0.2, -0.15) is 0 Å². The number of hydrogen-bond acceptors (Lipinski definition) is 2. The number of amides is 1. The molecule has 0 radical (unpaired) electrons.